The molecule has 0 spiro atoms. The number of thiazole rings is 2. The summed E-state index contributed by atoms with van der Waals surface area (Å²) in [5.41, 5.74) is 5.37. The van der Waals surface area contributed by atoms with Gasteiger partial charge in [-0.2, -0.15) is 0 Å². The molecule has 238 valence electrons. The van der Waals surface area contributed by atoms with Crippen LogP contribution in [0.5, 0.6) is 0 Å². The topological polar surface area (TPSA) is 125 Å². The first-order valence-corrected chi connectivity index (χ1v) is 16.2. The number of rotatable bonds is 16. The van der Waals surface area contributed by atoms with E-state index in [1.165, 1.54) is 36.9 Å². The molecule has 4 aromatic rings. The number of carbonyl (C=O) groups is 3. The molecule has 0 radical (unpaired) electrons. The van der Waals surface area contributed by atoms with E-state index < -0.39 is 30.2 Å². The molecule has 45 heavy (non-hydrogen) atoms. The van der Waals surface area contributed by atoms with E-state index >= 15 is 0 Å². The Morgan fingerprint density at radius 3 is 1.56 bits per heavy atom. The van der Waals surface area contributed by atoms with Gasteiger partial charge in [0.1, 0.15) is 10.0 Å². The van der Waals surface area contributed by atoms with Gasteiger partial charge in [-0.15, -0.1) is 22.7 Å². The van der Waals surface area contributed by atoms with Crippen molar-refractivity contribution < 1.29 is 29.0 Å². The number of nitrogens with zero attached hydrogens (tertiary/aromatic N) is 5. The molecule has 2 amide bonds. The van der Waals surface area contributed by atoms with Crippen molar-refractivity contribution in [3.05, 3.63) is 95.2 Å². The van der Waals surface area contributed by atoms with Gasteiger partial charge in [-0.25, -0.2) is 9.59 Å². The Hall–Kier alpha value is -4.33. The lowest BCUT2D eigenvalue weighted by Crippen LogP contribution is -2.53. The summed E-state index contributed by atoms with van der Waals surface area (Å²) in [6.45, 7) is 1.15. The van der Waals surface area contributed by atoms with Crippen molar-refractivity contribution in [1.29, 1.82) is 0 Å². The number of amides is 2. The number of carboxylic acid groups (broad SMARTS) is 1. The maximum absolute atomic E-state index is 13.3. The average molecular weight is 652 g/mol. The molecule has 0 fully saturated rings. The van der Waals surface area contributed by atoms with Crippen molar-refractivity contribution in [2.24, 2.45) is 0 Å². The Balaban J connectivity index is 1.74. The van der Waals surface area contributed by atoms with Crippen LogP contribution >= 0.6 is 22.7 Å². The predicted octanol–water partition coefficient (Wildman–Crippen LogP) is 5.83. The highest BCUT2D eigenvalue weighted by molar-refractivity contribution is 7.14. The minimum atomic E-state index is -0.890. The minimum Gasteiger partial charge on any atom is -0.481 e. The number of aliphatic carboxylic acids is 1. The molecule has 0 aliphatic carbocycles. The van der Waals surface area contributed by atoms with Gasteiger partial charge in [0.15, 0.2) is 0 Å². The lowest BCUT2D eigenvalue weighted by atomic mass is 10.0. The summed E-state index contributed by atoms with van der Waals surface area (Å²) in [7, 11) is 2.69. The monoisotopic (exact) mass is 651 g/mol. The molecule has 0 unspecified atom stereocenters. The van der Waals surface area contributed by atoms with Gasteiger partial charge < -0.3 is 14.6 Å². The maximum Gasteiger partial charge on any atom is 0.415 e. The fourth-order valence-corrected chi connectivity index (χ4v) is 6.62. The summed E-state index contributed by atoms with van der Waals surface area (Å²) in [5.74, 6) is -0.890. The maximum atomic E-state index is 13.3. The van der Waals surface area contributed by atoms with Gasteiger partial charge in [-0.05, 0) is 36.9 Å². The second-order valence-electron chi connectivity index (χ2n) is 10.3. The first kappa shape index (κ1) is 33.6. The van der Waals surface area contributed by atoms with Gasteiger partial charge >= 0.3 is 18.2 Å². The van der Waals surface area contributed by atoms with Crippen LogP contribution in [0.25, 0.3) is 0 Å². The van der Waals surface area contributed by atoms with E-state index in [2.05, 4.69) is 14.9 Å². The van der Waals surface area contributed by atoms with Crippen LogP contribution < -0.4 is 9.80 Å². The number of benzene rings is 2. The molecule has 0 aliphatic rings. The smallest absolute Gasteiger partial charge is 0.415 e. The molecule has 0 saturated heterocycles. The molecule has 13 heteroatoms. The van der Waals surface area contributed by atoms with Gasteiger partial charge in [0, 0.05) is 19.5 Å². The van der Waals surface area contributed by atoms with Crippen LogP contribution in [0.4, 0.5) is 19.6 Å². The number of anilines is 2. The predicted molar refractivity (Wildman–Crippen MR) is 175 cm³/mol. The number of carboxylic acids is 1. The summed E-state index contributed by atoms with van der Waals surface area (Å²) in [6, 6.07) is 18.9. The van der Waals surface area contributed by atoms with Crippen LogP contribution in [0.1, 0.15) is 24.0 Å². The Bertz CT molecular complexity index is 1360. The minimum absolute atomic E-state index is 0.0195. The van der Waals surface area contributed by atoms with Crippen molar-refractivity contribution >= 4 is 50.8 Å². The lowest BCUT2D eigenvalue weighted by Gasteiger charge is -2.38. The Labute approximate surface area is 270 Å². The lowest BCUT2D eigenvalue weighted by molar-refractivity contribution is -0.137. The number of hydrogen-bond donors (Lipinski definition) is 1. The van der Waals surface area contributed by atoms with Crippen LogP contribution in [0, 0.1) is 0 Å². The highest BCUT2D eigenvalue weighted by atomic mass is 32.1. The molecule has 2 atom stereocenters. The van der Waals surface area contributed by atoms with Crippen molar-refractivity contribution in [3.63, 3.8) is 0 Å². The fraction of sp³-hybridized carbons (Fsp3) is 0.344. The number of carbonyl (C=O) groups excluding carboxylic acids is 2. The van der Waals surface area contributed by atoms with Crippen LogP contribution in [-0.2, 0) is 27.1 Å². The molecular weight excluding hydrogens is 615 g/mol. The third kappa shape index (κ3) is 9.83. The summed E-state index contributed by atoms with van der Waals surface area (Å²) in [5, 5.41) is 10.7. The van der Waals surface area contributed by atoms with Crippen LogP contribution in [0.15, 0.2) is 84.1 Å². The molecular formula is C32H37N5O6S2. The Morgan fingerprint density at radius 1 is 0.756 bits per heavy atom. The number of hydrogen-bond acceptors (Lipinski definition) is 10. The van der Waals surface area contributed by atoms with Gasteiger partial charge in [0.05, 0.1) is 49.7 Å². The summed E-state index contributed by atoms with van der Waals surface area (Å²) in [6.07, 6.45) is 3.59. The molecule has 0 bridgehead atoms. The molecule has 2 aromatic heterocycles. The zero-order valence-corrected chi connectivity index (χ0v) is 26.9. The van der Waals surface area contributed by atoms with E-state index in [9.17, 15) is 19.5 Å². The van der Waals surface area contributed by atoms with Crippen molar-refractivity contribution in [2.45, 2.75) is 37.8 Å². The summed E-state index contributed by atoms with van der Waals surface area (Å²) in [4.78, 5) is 51.9. The molecule has 0 saturated carbocycles. The van der Waals surface area contributed by atoms with Crippen LogP contribution in [0.2, 0.25) is 0 Å². The van der Waals surface area contributed by atoms with Crippen LogP contribution in [0.3, 0.4) is 0 Å². The highest BCUT2D eigenvalue weighted by Gasteiger charge is 2.33. The van der Waals surface area contributed by atoms with Crippen molar-refractivity contribution in [3.8, 4) is 0 Å². The van der Waals surface area contributed by atoms with E-state index in [0.29, 0.717) is 48.9 Å². The van der Waals surface area contributed by atoms with Gasteiger partial charge in [0.2, 0.25) is 0 Å². The van der Waals surface area contributed by atoms with E-state index in [4.69, 9.17) is 9.47 Å². The standard InChI is InChI=1S/C32H37N5O6S2/c1-42-31(40)36(28-18-33-22-44-28)26(16-24-10-5-3-6-11-24)20-35(15-9-14-30(38)39)21-27(17-25-12-7-4-8-13-25)37(32(41)43-2)29-19-34-23-45-29/h3-8,10-13,18-19,22-23,26-27H,9,14-17,20-21H2,1-2H3,(H,38,39)/t26-,27-/m0/s1. The zero-order chi connectivity index (χ0) is 32.0. The normalized spacial score (nSPS) is 12.3. The third-order valence-electron chi connectivity index (χ3n) is 7.22. The van der Waals surface area contributed by atoms with Crippen molar-refractivity contribution in [2.75, 3.05) is 43.7 Å². The summed E-state index contributed by atoms with van der Waals surface area (Å²) >= 11 is 2.66. The van der Waals surface area contributed by atoms with E-state index in [1.807, 2.05) is 60.7 Å². The Kier molecular flexibility index (Phi) is 12.9. The molecule has 2 aromatic carbocycles. The van der Waals surface area contributed by atoms with Gasteiger partial charge in [-0.1, -0.05) is 60.7 Å². The number of aromatic nitrogens is 2. The highest BCUT2D eigenvalue weighted by Crippen LogP contribution is 2.28. The summed E-state index contributed by atoms with van der Waals surface area (Å²) < 4.78 is 10.5. The van der Waals surface area contributed by atoms with Gasteiger partial charge in [-0.3, -0.25) is 29.5 Å². The Morgan fingerprint density at radius 2 is 1.20 bits per heavy atom. The van der Waals surface area contributed by atoms with E-state index in [0.717, 1.165) is 11.1 Å². The molecule has 0 aliphatic heterocycles. The first-order chi connectivity index (χ1) is 21.9. The zero-order valence-electron chi connectivity index (χ0n) is 25.2. The van der Waals surface area contributed by atoms with Crippen molar-refractivity contribution in [1.82, 2.24) is 14.9 Å². The third-order valence-corrected chi connectivity index (χ3v) is 8.76. The SMILES string of the molecule is COC(=O)N(c1cncs1)[C@@H](Cc1ccccc1)CN(CCCC(=O)O)C[C@H](Cc1ccccc1)N(C(=O)OC)c1cncs1. The molecule has 1 N–H and O–H groups in total. The second-order valence-corrected chi connectivity index (χ2v) is 12.0. The molecule has 2 heterocycles. The largest absolute Gasteiger partial charge is 0.481 e. The second kappa shape index (κ2) is 17.2. The van der Waals surface area contributed by atoms with Gasteiger partial charge in [0.25, 0.3) is 0 Å². The first-order valence-electron chi connectivity index (χ1n) is 14.4. The molecule has 4 rings (SSSR count). The number of methoxy groups -OCH3 is 2. The quantitative estimate of drug-likeness (QED) is 0.159. The molecule has 11 nitrogen and oxygen atoms in total. The fourth-order valence-electron chi connectivity index (χ4n) is 5.25. The van der Waals surface area contributed by atoms with E-state index in [1.54, 1.807) is 33.2 Å². The number of ether oxygens (including phenoxy) is 2. The van der Waals surface area contributed by atoms with E-state index in [-0.39, 0.29) is 6.42 Å². The average Bonchev–Trinajstić information content (AvgIpc) is 3.77. The van der Waals surface area contributed by atoms with Crippen LogP contribution in [-0.4, -0.2) is 84.1 Å².